The summed E-state index contributed by atoms with van der Waals surface area (Å²) in [6, 6.07) is 0. The maximum atomic E-state index is 11.5. The summed E-state index contributed by atoms with van der Waals surface area (Å²) < 4.78 is 4.99. The molecule has 0 rings (SSSR count). The van der Waals surface area contributed by atoms with E-state index < -0.39 is 12.3 Å². The molecule has 1 atom stereocenters. The molecule has 0 bridgehead atoms. The predicted octanol–water partition coefficient (Wildman–Crippen LogP) is 19.6. The van der Waals surface area contributed by atoms with Crippen molar-refractivity contribution in [1.29, 1.82) is 0 Å². The predicted molar refractivity (Wildman–Crippen MR) is 259 cm³/mol. The molecule has 0 saturated heterocycles. The van der Waals surface area contributed by atoms with Crippen LogP contribution in [-0.4, -0.2) is 17.4 Å². The number of hydrogen-bond donors (Lipinski definition) is 1. The van der Waals surface area contributed by atoms with E-state index in [2.05, 4.69) is 6.92 Å². The monoisotopic (exact) mass is 817 g/mol. The first-order chi connectivity index (χ1) is 28.6. The average molecular weight is 817 g/mol. The zero-order valence-electron chi connectivity index (χ0n) is 40.4. The molecule has 0 heterocycles. The highest BCUT2D eigenvalue weighted by Crippen LogP contribution is 2.19. The van der Waals surface area contributed by atoms with Gasteiger partial charge in [0.2, 0.25) is 6.29 Å². The van der Waals surface area contributed by atoms with Gasteiger partial charge in [0, 0.05) is 12.5 Å². The van der Waals surface area contributed by atoms with E-state index in [0.717, 1.165) is 18.4 Å². The highest BCUT2D eigenvalue weighted by Gasteiger charge is 2.08. The van der Waals surface area contributed by atoms with Gasteiger partial charge in [0.15, 0.2) is 0 Å². The van der Waals surface area contributed by atoms with Gasteiger partial charge in [-0.15, -0.1) is 0 Å². The Hall–Kier alpha value is -0.830. The second kappa shape index (κ2) is 50.5. The molecular formula is C55H108O3. The van der Waals surface area contributed by atoms with Gasteiger partial charge in [-0.1, -0.05) is 308 Å². The summed E-state index contributed by atoms with van der Waals surface area (Å²) in [7, 11) is 0. The summed E-state index contributed by atoms with van der Waals surface area (Å²) in [5, 5.41) is 9.81. The van der Waals surface area contributed by atoms with Crippen LogP contribution in [0.4, 0.5) is 0 Å². The third-order valence-electron chi connectivity index (χ3n) is 12.7. The van der Waals surface area contributed by atoms with E-state index in [0.29, 0.717) is 6.42 Å². The van der Waals surface area contributed by atoms with E-state index in [1.807, 2.05) is 13.8 Å². The molecule has 0 fully saturated rings. The minimum absolute atomic E-state index is 0.440. The number of hydrogen-bond acceptors (Lipinski definition) is 3. The third-order valence-corrected chi connectivity index (χ3v) is 12.7. The SMILES string of the molecule is CCCCCCCCCCCCCCCCCCCCCCCCCCCCCCCCCCCCCCCCCCCCCCCCCC(O)OC(=O)C=C(C)C. The number of aliphatic hydroxyl groups is 1. The normalized spacial score (nSPS) is 12.0. The van der Waals surface area contributed by atoms with Crippen molar-refractivity contribution in [3.05, 3.63) is 11.6 Å². The molecule has 0 aromatic rings. The maximum Gasteiger partial charge on any atom is 0.332 e. The van der Waals surface area contributed by atoms with Crippen LogP contribution in [0, 0.1) is 0 Å². The molecule has 0 aromatic carbocycles. The fraction of sp³-hybridized carbons (Fsp3) is 0.945. The van der Waals surface area contributed by atoms with Crippen LogP contribution >= 0.6 is 0 Å². The van der Waals surface area contributed by atoms with Crippen LogP contribution in [0.1, 0.15) is 329 Å². The number of rotatable bonds is 50. The fourth-order valence-corrected chi connectivity index (χ4v) is 8.81. The summed E-state index contributed by atoms with van der Waals surface area (Å²) >= 11 is 0. The van der Waals surface area contributed by atoms with Crippen molar-refractivity contribution in [1.82, 2.24) is 0 Å². The van der Waals surface area contributed by atoms with Gasteiger partial charge in [-0.3, -0.25) is 0 Å². The third kappa shape index (κ3) is 51.3. The molecule has 0 aliphatic heterocycles. The first kappa shape index (κ1) is 57.2. The van der Waals surface area contributed by atoms with Gasteiger partial charge in [-0.25, -0.2) is 4.79 Å². The standard InChI is InChI=1S/C55H108O3/c1-4-5-6-7-8-9-10-11-12-13-14-15-16-17-18-19-20-21-22-23-24-25-26-27-28-29-30-31-32-33-34-35-36-37-38-39-40-41-42-43-44-45-46-47-48-49-50-51-54(56)58-55(57)52-53(2)3/h52,54,56H,4-51H2,1-3H3. The van der Waals surface area contributed by atoms with Crippen molar-refractivity contribution in [3.8, 4) is 0 Å². The number of aliphatic hydroxyl groups excluding tert-OH is 1. The average Bonchev–Trinajstić information content (AvgIpc) is 3.20. The van der Waals surface area contributed by atoms with E-state index in [1.165, 1.54) is 295 Å². The van der Waals surface area contributed by atoms with Crippen LogP contribution < -0.4 is 0 Å². The molecule has 3 heteroatoms. The molecule has 1 unspecified atom stereocenters. The van der Waals surface area contributed by atoms with Gasteiger partial charge in [0.05, 0.1) is 0 Å². The second-order valence-corrected chi connectivity index (χ2v) is 19.2. The lowest BCUT2D eigenvalue weighted by Gasteiger charge is -2.10. The van der Waals surface area contributed by atoms with Crippen molar-refractivity contribution < 1.29 is 14.6 Å². The molecule has 1 N–H and O–H groups in total. The molecule has 3 nitrogen and oxygen atoms in total. The van der Waals surface area contributed by atoms with Crippen molar-refractivity contribution in [3.63, 3.8) is 0 Å². The van der Waals surface area contributed by atoms with Crippen LogP contribution in [-0.2, 0) is 9.53 Å². The summed E-state index contributed by atoms with van der Waals surface area (Å²) in [6.45, 7) is 6.01. The van der Waals surface area contributed by atoms with Crippen molar-refractivity contribution in [2.24, 2.45) is 0 Å². The quantitative estimate of drug-likeness (QED) is 0.0288. The molecule has 0 aromatic heterocycles. The van der Waals surface area contributed by atoms with E-state index in [9.17, 15) is 9.90 Å². The zero-order valence-corrected chi connectivity index (χ0v) is 40.4. The lowest BCUT2D eigenvalue weighted by molar-refractivity contribution is -0.162. The summed E-state index contributed by atoms with van der Waals surface area (Å²) in [5.41, 5.74) is 0.889. The van der Waals surface area contributed by atoms with Gasteiger partial charge in [-0.2, -0.15) is 0 Å². The van der Waals surface area contributed by atoms with E-state index in [4.69, 9.17) is 4.74 Å². The van der Waals surface area contributed by atoms with Gasteiger partial charge < -0.3 is 9.84 Å². The first-order valence-electron chi connectivity index (χ1n) is 27.1. The van der Waals surface area contributed by atoms with Crippen molar-refractivity contribution in [2.75, 3.05) is 0 Å². The smallest absolute Gasteiger partial charge is 0.332 e. The summed E-state index contributed by atoms with van der Waals surface area (Å²) in [6.07, 6.45) is 68.4. The summed E-state index contributed by atoms with van der Waals surface area (Å²) in [4.78, 5) is 11.5. The largest absolute Gasteiger partial charge is 0.433 e. The van der Waals surface area contributed by atoms with Crippen LogP contribution in [0.15, 0.2) is 11.6 Å². The number of unbranched alkanes of at least 4 members (excludes halogenated alkanes) is 46. The van der Waals surface area contributed by atoms with Crippen molar-refractivity contribution in [2.45, 2.75) is 335 Å². The highest BCUT2D eigenvalue weighted by molar-refractivity contribution is 5.82. The molecule has 0 radical (unpaired) electrons. The minimum atomic E-state index is -0.963. The second-order valence-electron chi connectivity index (χ2n) is 19.2. The highest BCUT2D eigenvalue weighted by atomic mass is 16.6. The summed E-state index contributed by atoms with van der Waals surface area (Å²) in [5.74, 6) is -0.440. The number of esters is 1. The van der Waals surface area contributed by atoms with E-state index in [1.54, 1.807) is 0 Å². The van der Waals surface area contributed by atoms with Crippen LogP contribution in [0.5, 0.6) is 0 Å². The Kier molecular flexibility index (Phi) is 49.8. The first-order valence-corrected chi connectivity index (χ1v) is 27.1. The molecule has 346 valence electrons. The fourth-order valence-electron chi connectivity index (χ4n) is 8.81. The van der Waals surface area contributed by atoms with Crippen LogP contribution in [0.25, 0.3) is 0 Å². The van der Waals surface area contributed by atoms with Gasteiger partial charge >= 0.3 is 5.97 Å². The number of carbonyl (C=O) groups is 1. The van der Waals surface area contributed by atoms with Gasteiger partial charge in [0.25, 0.3) is 0 Å². The Morgan fingerprint density at radius 1 is 0.345 bits per heavy atom. The van der Waals surface area contributed by atoms with Crippen LogP contribution in [0.3, 0.4) is 0 Å². The molecule has 0 spiro atoms. The molecule has 0 aliphatic carbocycles. The Balaban J connectivity index is 3.11. The molecule has 0 aliphatic rings. The minimum Gasteiger partial charge on any atom is -0.433 e. The van der Waals surface area contributed by atoms with Gasteiger partial charge in [-0.05, 0) is 20.3 Å². The Labute approximate surface area is 366 Å². The van der Waals surface area contributed by atoms with Gasteiger partial charge in [0.1, 0.15) is 0 Å². The van der Waals surface area contributed by atoms with Crippen molar-refractivity contribution >= 4 is 5.97 Å². The topological polar surface area (TPSA) is 46.5 Å². The maximum absolute atomic E-state index is 11.5. The Morgan fingerprint density at radius 2 is 0.517 bits per heavy atom. The zero-order chi connectivity index (χ0) is 42.1. The molecule has 0 saturated carbocycles. The lowest BCUT2D eigenvalue weighted by atomic mass is 10.0. The number of carbonyl (C=O) groups excluding carboxylic acids is 1. The van der Waals surface area contributed by atoms with Crippen LogP contribution in [0.2, 0.25) is 0 Å². The Bertz CT molecular complexity index is 801. The van der Waals surface area contributed by atoms with E-state index in [-0.39, 0.29) is 0 Å². The number of allylic oxidation sites excluding steroid dienone is 1. The molecular weight excluding hydrogens is 709 g/mol. The Morgan fingerprint density at radius 3 is 0.690 bits per heavy atom. The molecule has 0 amide bonds. The lowest BCUT2D eigenvalue weighted by Crippen LogP contribution is -2.16. The molecule has 58 heavy (non-hydrogen) atoms. The van der Waals surface area contributed by atoms with E-state index >= 15 is 0 Å². The number of ether oxygens (including phenoxy) is 1.